The molecule has 3 nitrogen and oxygen atoms in total. The summed E-state index contributed by atoms with van der Waals surface area (Å²) in [6.07, 6.45) is 4.88. The minimum atomic E-state index is 0.948. The van der Waals surface area contributed by atoms with E-state index in [1.165, 1.54) is 35.5 Å². The van der Waals surface area contributed by atoms with E-state index in [1.807, 2.05) is 7.05 Å². The van der Waals surface area contributed by atoms with Crippen molar-refractivity contribution in [3.8, 4) is 0 Å². The van der Waals surface area contributed by atoms with Gasteiger partial charge in [-0.25, -0.2) is 4.98 Å². The van der Waals surface area contributed by atoms with Gasteiger partial charge in [0.2, 0.25) is 0 Å². The van der Waals surface area contributed by atoms with Crippen LogP contribution in [0.4, 0.5) is 5.69 Å². The van der Waals surface area contributed by atoms with Crippen molar-refractivity contribution in [2.45, 2.75) is 36.6 Å². The molecule has 0 amide bonds. The largest absolute Gasteiger partial charge is 0.388 e. The number of benzene rings is 1. The number of fused-ring (bicyclic) bond motifs is 1. The maximum Gasteiger partial charge on any atom is 0.166 e. The van der Waals surface area contributed by atoms with Crippen LogP contribution in [0.2, 0.25) is 0 Å². The molecule has 1 aromatic heterocycles. The Bertz CT molecular complexity index is 539. The molecule has 2 aromatic rings. The lowest BCUT2D eigenvalue weighted by Gasteiger charge is -2.07. The van der Waals surface area contributed by atoms with E-state index in [2.05, 4.69) is 34.6 Å². The lowest BCUT2D eigenvalue weighted by molar-refractivity contribution is 0.667. The van der Waals surface area contributed by atoms with Gasteiger partial charge in [0.25, 0.3) is 0 Å². The summed E-state index contributed by atoms with van der Waals surface area (Å²) in [6, 6.07) is 8.43. The molecule has 4 heteroatoms. The molecule has 2 N–H and O–H groups in total. The topological polar surface area (TPSA) is 40.7 Å². The first kappa shape index (κ1) is 12.6. The number of hydrogen-bond acceptors (Lipinski definition) is 3. The van der Waals surface area contributed by atoms with Gasteiger partial charge in [0.05, 0.1) is 5.69 Å². The molecule has 1 aromatic carbocycles. The SMILES string of the molecule is CNc1ccccc1CSc1nc2c([nH]1)CCCC2. The highest BCUT2D eigenvalue weighted by atomic mass is 32.2. The molecule has 0 bridgehead atoms. The van der Waals surface area contributed by atoms with Crippen molar-refractivity contribution in [2.24, 2.45) is 0 Å². The standard InChI is InChI=1S/C15H19N3S/c1-16-12-7-3-2-6-11(12)10-19-15-17-13-8-4-5-9-14(13)18-15/h2-3,6-7,16H,4-5,8-10H2,1H3,(H,17,18). The summed E-state index contributed by atoms with van der Waals surface area (Å²) in [6.45, 7) is 0. The summed E-state index contributed by atoms with van der Waals surface area (Å²) in [7, 11) is 1.97. The summed E-state index contributed by atoms with van der Waals surface area (Å²) in [4.78, 5) is 8.18. The number of para-hydroxylation sites is 1. The van der Waals surface area contributed by atoms with E-state index in [0.717, 1.165) is 23.8 Å². The Kier molecular flexibility index (Phi) is 3.78. The first-order chi connectivity index (χ1) is 9.36. The second-order valence-corrected chi connectivity index (χ2v) is 5.83. The summed E-state index contributed by atoms with van der Waals surface area (Å²) >= 11 is 1.79. The zero-order valence-corrected chi connectivity index (χ0v) is 12.0. The fraction of sp³-hybridized carbons (Fsp3) is 0.400. The molecule has 0 unspecified atom stereocenters. The number of rotatable bonds is 4. The lowest BCUT2D eigenvalue weighted by atomic mass is 10.0. The molecule has 0 atom stereocenters. The van der Waals surface area contributed by atoms with E-state index < -0.39 is 0 Å². The smallest absolute Gasteiger partial charge is 0.166 e. The molecule has 0 radical (unpaired) electrons. The molecule has 0 fully saturated rings. The summed E-state index contributed by atoms with van der Waals surface area (Å²) in [5, 5.41) is 4.30. The second-order valence-electron chi connectivity index (χ2n) is 4.87. The summed E-state index contributed by atoms with van der Waals surface area (Å²) in [5.74, 6) is 0.948. The molecule has 0 saturated carbocycles. The van der Waals surface area contributed by atoms with Crippen LogP contribution in [0.3, 0.4) is 0 Å². The molecular formula is C15H19N3S. The number of nitrogens with one attached hydrogen (secondary N) is 2. The van der Waals surface area contributed by atoms with Crippen LogP contribution in [0.15, 0.2) is 29.4 Å². The molecule has 0 spiro atoms. The summed E-state index contributed by atoms with van der Waals surface area (Å²) in [5.41, 5.74) is 5.17. The van der Waals surface area contributed by atoms with Crippen LogP contribution < -0.4 is 5.32 Å². The van der Waals surface area contributed by atoms with Crippen LogP contribution in [0.1, 0.15) is 29.8 Å². The molecule has 0 saturated heterocycles. The van der Waals surface area contributed by atoms with E-state index >= 15 is 0 Å². The zero-order valence-electron chi connectivity index (χ0n) is 11.2. The number of hydrogen-bond donors (Lipinski definition) is 2. The van der Waals surface area contributed by atoms with Crippen molar-refractivity contribution < 1.29 is 0 Å². The Hall–Kier alpha value is -1.42. The molecule has 19 heavy (non-hydrogen) atoms. The average molecular weight is 273 g/mol. The predicted octanol–water partition coefficient (Wildman–Crippen LogP) is 3.62. The monoisotopic (exact) mass is 273 g/mol. The molecule has 100 valence electrons. The first-order valence-electron chi connectivity index (χ1n) is 6.83. The van der Waals surface area contributed by atoms with Crippen molar-refractivity contribution >= 4 is 17.4 Å². The number of anilines is 1. The third-order valence-electron chi connectivity index (χ3n) is 3.58. The Morgan fingerprint density at radius 2 is 2.11 bits per heavy atom. The van der Waals surface area contributed by atoms with Crippen molar-refractivity contribution in [1.29, 1.82) is 0 Å². The van der Waals surface area contributed by atoms with E-state index in [9.17, 15) is 0 Å². The van der Waals surface area contributed by atoms with E-state index in [0.29, 0.717) is 0 Å². The zero-order chi connectivity index (χ0) is 13.1. The highest BCUT2D eigenvalue weighted by molar-refractivity contribution is 7.98. The summed E-state index contributed by atoms with van der Waals surface area (Å²) < 4.78 is 0. The number of nitrogens with zero attached hydrogens (tertiary/aromatic N) is 1. The Balaban J connectivity index is 1.70. The molecule has 1 aliphatic carbocycles. The van der Waals surface area contributed by atoms with Crippen LogP contribution in [-0.2, 0) is 18.6 Å². The van der Waals surface area contributed by atoms with Gasteiger partial charge in [0.15, 0.2) is 5.16 Å². The van der Waals surface area contributed by atoms with Crippen molar-refractivity contribution in [1.82, 2.24) is 9.97 Å². The molecule has 1 aliphatic rings. The predicted molar refractivity (Wildman–Crippen MR) is 80.8 cm³/mol. The number of imidazole rings is 1. The van der Waals surface area contributed by atoms with Gasteiger partial charge in [-0.15, -0.1) is 0 Å². The molecule has 1 heterocycles. The number of H-pyrrole nitrogens is 1. The van der Waals surface area contributed by atoms with Crippen LogP contribution in [0.5, 0.6) is 0 Å². The molecule has 0 aliphatic heterocycles. The van der Waals surface area contributed by atoms with Crippen molar-refractivity contribution in [3.05, 3.63) is 41.2 Å². The highest BCUT2D eigenvalue weighted by Crippen LogP contribution is 2.27. The fourth-order valence-corrected chi connectivity index (χ4v) is 3.45. The van der Waals surface area contributed by atoms with Crippen LogP contribution in [0.25, 0.3) is 0 Å². The minimum Gasteiger partial charge on any atom is -0.388 e. The van der Waals surface area contributed by atoms with Gasteiger partial charge in [-0.1, -0.05) is 30.0 Å². The maximum absolute atomic E-state index is 4.71. The van der Waals surface area contributed by atoms with E-state index in [-0.39, 0.29) is 0 Å². The maximum atomic E-state index is 4.71. The number of aryl methyl sites for hydroxylation is 2. The second kappa shape index (κ2) is 5.70. The third-order valence-corrected chi connectivity index (χ3v) is 4.51. The highest BCUT2D eigenvalue weighted by Gasteiger charge is 2.14. The Morgan fingerprint density at radius 1 is 1.26 bits per heavy atom. The minimum absolute atomic E-state index is 0.948. The van der Waals surface area contributed by atoms with Crippen LogP contribution in [0, 0.1) is 0 Å². The Labute approximate surface area is 118 Å². The van der Waals surface area contributed by atoms with Crippen molar-refractivity contribution in [2.75, 3.05) is 12.4 Å². The first-order valence-corrected chi connectivity index (χ1v) is 7.81. The lowest BCUT2D eigenvalue weighted by Crippen LogP contribution is -2.00. The number of aromatic nitrogens is 2. The van der Waals surface area contributed by atoms with E-state index in [1.54, 1.807) is 11.8 Å². The molecular weight excluding hydrogens is 254 g/mol. The van der Waals surface area contributed by atoms with Gasteiger partial charge in [0.1, 0.15) is 0 Å². The number of thioether (sulfide) groups is 1. The van der Waals surface area contributed by atoms with Gasteiger partial charge in [-0.3, -0.25) is 0 Å². The van der Waals surface area contributed by atoms with Crippen molar-refractivity contribution in [3.63, 3.8) is 0 Å². The molecule has 3 rings (SSSR count). The van der Waals surface area contributed by atoms with Gasteiger partial charge in [0, 0.05) is 24.2 Å². The van der Waals surface area contributed by atoms with Crippen LogP contribution in [-0.4, -0.2) is 17.0 Å². The fourth-order valence-electron chi connectivity index (χ4n) is 2.53. The van der Waals surface area contributed by atoms with Gasteiger partial charge in [-0.05, 0) is 37.3 Å². The van der Waals surface area contributed by atoms with E-state index in [4.69, 9.17) is 4.98 Å². The number of aromatic amines is 1. The van der Waals surface area contributed by atoms with Gasteiger partial charge < -0.3 is 10.3 Å². The Morgan fingerprint density at radius 3 is 2.95 bits per heavy atom. The van der Waals surface area contributed by atoms with Gasteiger partial charge >= 0.3 is 0 Å². The van der Waals surface area contributed by atoms with Gasteiger partial charge in [-0.2, -0.15) is 0 Å². The third kappa shape index (κ3) is 2.78. The van der Waals surface area contributed by atoms with Crippen LogP contribution >= 0.6 is 11.8 Å². The quantitative estimate of drug-likeness (QED) is 0.836. The normalized spacial score (nSPS) is 14.2. The average Bonchev–Trinajstić information content (AvgIpc) is 2.88.